The molecule has 0 aliphatic rings. The van der Waals surface area contributed by atoms with Crippen LogP contribution in [-0.2, 0) is 21.0 Å². The van der Waals surface area contributed by atoms with Gasteiger partial charge in [-0.1, -0.05) is 16.8 Å². The lowest BCUT2D eigenvalue weighted by Crippen LogP contribution is -2.21. The van der Waals surface area contributed by atoms with Gasteiger partial charge in [0.1, 0.15) is 23.9 Å². The molecule has 0 aromatic heterocycles. The number of esters is 1. The number of halogens is 3. The monoisotopic (exact) mass is 625 g/mol. The van der Waals surface area contributed by atoms with Crippen LogP contribution >= 0.6 is 43.5 Å². The molecule has 0 saturated carbocycles. The highest BCUT2D eigenvalue weighted by Crippen LogP contribution is 2.38. The van der Waals surface area contributed by atoms with Crippen molar-refractivity contribution in [3.05, 3.63) is 79.7 Å². The number of benzene rings is 3. The third kappa shape index (κ3) is 7.88. The summed E-state index contributed by atoms with van der Waals surface area (Å²) in [5.74, 6) is 1.27. The number of rotatable bonds is 10. The number of hydrogen-bond donors (Lipinski definition) is 1. The molecule has 0 heterocycles. The van der Waals surface area contributed by atoms with E-state index in [1.54, 1.807) is 68.4 Å². The van der Waals surface area contributed by atoms with Crippen LogP contribution in [-0.4, -0.2) is 30.0 Å². The molecule has 0 spiro atoms. The minimum atomic E-state index is -0.812. The van der Waals surface area contributed by atoms with Crippen LogP contribution in [0.2, 0.25) is 5.02 Å². The van der Waals surface area contributed by atoms with E-state index in [1.165, 1.54) is 6.21 Å². The van der Waals surface area contributed by atoms with Crippen LogP contribution in [0.1, 0.15) is 25.0 Å². The highest BCUT2D eigenvalue weighted by atomic mass is 79.9. The van der Waals surface area contributed by atoms with Crippen LogP contribution in [0.3, 0.4) is 0 Å². The lowest BCUT2D eigenvalue weighted by Gasteiger charge is -2.13. The van der Waals surface area contributed by atoms with E-state index >= 15 is 0 Å². The first kappa shape index (κ1) is 26.8. The van der Waals surface area contributed by atoms with Gasteiger partial charge in [0.2, 0.25) is 6.10 Å². The fourth-order valence-electron chi connectivity index (χ4n) is 2.79. The predicted molar refractivity (Wildman–Crippen MR) is 141 cm³/mol. The third-order valence-electron chi connectivity index (χ3n) is 4.54. The Balaban J connectivity index is 1.68. The lowest BCUT2D eigenvalue weighted by molar-refractivity contribution is -0.155. The molecule has 0 aliphatic carbocycles. The molecule has 0 fully saturated rings. The van der Waals surface area contributed by atoms with Gasteiger partial charge in [0.15, 0.2) is 5.75 Å². The average Bonchev–Trinajstić information content (AvgIpc) is 2.82. The molecule has 0 amide bonds. The number of carbonyl (C=O) groups excluding carboxylic acids is 1. The van der Waals surface area contributed by atoms with Crippen LogP contribution in [0.25, 0.3) is 0 Å². The van der Waals surface area contributed by atoms with Crippen molar-refractivity contribution in [3.63, 3.8) is 0 Å². The van der Waals surface area contributed by atoms with Crippen LogP contribution in [0.5, 0.6) is 23.0 Å². The van der Waals surface area contributed by atoms with E-state index in [9.17, 15) is 9.90 Å². The summed E-state index contributed by atoms with van der Waals surface area (Å²) < 4.78 is 18.0. The summed E-state index contributed by atoms with van der Waals surface area (Å²) in [6.45, 7) is 3.70. The third-order valence-corrected chi connectivity index (χ3v) is 5.97. The first-order valence-electron chi connectivity index (χ1n) is 10.5. The van der Waals surface area contributed by atoms with Crippen molar-refractivity contribution >= 4 is 55.6 Å². The van der Waals surface area contributed by atoms with E-state index in [4.69, 9.17) is 30.6 Å². The highest BCUT2D eigenvalue weighted by Gasteiger charge is 2.15. The van der Waals surface area contributed by atoms with Crippen LogP contribution in [0.15, 0.2) is 68.7 Å². The Labute approximate surface area is 224 Å². The van der Waals surface area contributed by atoms with Crippen LogP contribution in [0.4, 0.5) is 0 Å². The summed E-state index contributed by atoms with van der Waals surface area (Å²) in [4.78, 5) is 16.7. The number of ether oxygens (including phenoxy) is 3. The number of hydrogen-bond acceptors (Lipinski definition) is 7. The Bertz CT molecular complexity index is 1180. The Kier molecular flexibility index (Phi) is 9.83. The molecular formula is C25H22Br2ClNO6. The van der Waals surface area contributed by atoms with Crippen LogP contribution < -0.4 is 9.47 Å². The normalized spacial score (nSPS) is 11.8. The Morgan fingerprint density at radius 2 is 1.74 bits per heavy atom. The van der Waals surface area contributed by atoms with Gasteiger partial charge >= 0.3 is 5.97 Å². The number of nitrogens with zero attached hydrogens (tertiary/aromatic N) is 1. The maximum Gasteiger partial charge on any atom is 0.349 e. The zero-order valence-electron chi connectivity index (χ0n) is 18.8. The summed E-state index contributed by atoms with van der Waals surface area (Å²) in [5.41, 5.74) is 1.26. The molecule has 1 atom stereocenters. The van der Waals surface area contributed by atoms with Crippen molar-refractivity contribution < 1.29 is 28.9 Å². The molecule has 0 saturated heterocycles. The van der Waals surface area contributed by atoms with Gasteiger partial charge in [0.25, 0.3) is 0 Å². The minimum absolute atomic E-state index is 0.0908. The topological polar surface area (TPSA) is 86.6 Å². The molecule has 0 radical (unpaired) electrons. The minimum Gasteiger partial charge on any atom is -0.508 e. The number of phenolic OH excluding ortho intramolecular Hbond substituents is 1. The van der Waals surface area contributed by atoms with E-state index in [1.807, 2.05) is 0 Å². The van der Waals surface area contributed by atoms with Crippen molar-refractivity contribution in [3.8, 4) is 23.0 Å². The maximum atomic E-state index is 11.6. The molecule has 3 aromatic carbocycles. The first-order valence-corrected chi connectivity index (χ1v) is 12.5. The molecule has 184 valence electrons. The number of aromatic hydroxyl groups is 1. The quantitative estimate of drug-likeness (QED) is 0.145. The van der Waals surface area contributed by atoms with E-state index in [2.05, 4.69) is 37.0 Å². The van der Waals surface area contributed by atoms with Gasteiger partial charge in [0, 0.05) is 10.6 Å². The number of carbonyl (C=O) groups is 1. The van der Waals surface area contributed by atoms with E-state index in [-0.39, 0.29) is 19.0 Å². The van der Waals surface area contributed by atoms with Gasteiger partial charge in [-0.25, -0.2) is 4.79 Å². The van der Waals surface area contributed by atoms with Crippen molar-refractivity contribution in [1.29, 1.82) is 0 Å². The summed E-state index contributed by atoms with van der Waals surface area (Å²) in [6.07, 6.45) is 0.662. The van der Waals surface area contributed by atoms with Gasteiger partial charge in [-0.2, -0.15) is 0 Å². The van der Waals surface area contributed by atoms with Gasteiger partial charge in [-0.15, -0.1) is 0 Å². The van der Waals surface area contributed by atoms with E-state index in [0.717, 1.165) is 0 Å². The second-order valence-electron chi connectivity index (χ2n) is 7.18. The lowest BCUT2D eigenvalue weighted by atomic mass is 10.2. The molecular weight excluding hydrogens is 606 g/mol. The van der Waals surface area contributed by atoms with Crippen molar-refractivity contribution in [2.24, 2.45) is 5.16 Å². The maximum absolute atomic E-state index is 11.6. The highest BCUT2D eigenvalue weighted by molar-refractivity contribution is 9.11. The molecule has 0 bridgehead atoms. The fourth-order valence-corrected chi connectivity index (χ4v) is 4.30. The predicted octanol–water partition coefficient (Wildman–Crippen LogP) is 7.24. The van der Waals surface area contributed by atoms with Gasteiger partial charge in [-0.3, -0.25) is 0 Å². The summed E-state index contributed by atoms with van der Waals surface area (Å²) in [6, 6.07) is 15.4. The van der Waals surface area contributed by atoms with Gasteiger partial charge in [-0.05, 0) is 106 Å². The molecule has 10 heteroatoms. The smallest absolute Gasteiger partial charge is 0.349 e. The summed E-state index contributed by atoms with van der Waals surface area (Å²) in [5, 5.41) is 14.7. The Morgan fingerprint density at radius 3 is 2.40 bits per heavy atom. The first-order chi connectivity index (χ1) is 16.8. The Morgan fingerprint density at radius 1 is 1.09 bits per heavy atom. The van der Waals surface area contributed by atoms with Crippen molar-refractivity contribution in [2.75, 3.05) is 6.61 Å². The van der Waals surface area contributed by atoms with Crippen molar-refractivity contribution in [1.82, 2.24) is 0 Å². The standard InChI is InChI=1S/C25H22Br2ClNO6/c1-3-32-25(31)15(2)35-29-13-16-10-21(26)24(22(27)11-16)34-20-8-9-23(30)17(12-20)14-33-19-6-4-18(28)5-7-19/h4-13,15,30H,3,14H2,1-2H3. The summed E-state index contributed by atoms with van der Waals surface area (Å²) in [7, 11) is 0. The number of oxime groups is 1. The molecule has 3 rings (SSSR count). The largest absolute Gasteiger partial charge is 0.508 e. The second kappa shape index (κ2) is 12.8. The molecule has 7 nitrogen and oxygen atoms in total. The molecule has 1 N–H and O–H groups in total. The molecule has 35 heavy (non-hydrogen) atoms. The SMILES string of the molecule is CCOC(=O)C(C)ON=Cc1cc(Br)c(Oc2ccc(O)c(COc3ccc(Cl)cc3)c2)c(Br)c1. The van der Waals surface area contributed by atoms with Gasteiger partial charge in [0.05, 0.1) is 21.8 Å². The van der Waals surface area contributed by atoms with Crippen LogP contribution in [0, 0.1) is 0 Å². The molecule has 3 aromatic rings. The summed E-state index contributed by atoms with van der Waals surface area (Å²) >= 11 is 12.9. The second-order valence-corrected chi connectivity index (χ2v) is 9.33. The zero-order chi connectivity index (χ0) is 25.4. The van der Waals surface area contributed by atoms with E-state index in [0.29, 0.717) is 42.3 Å². The Hall–Kier alpha value is -2.75. The molecule has 1 unspecified atom stereocenters. The average molecular weight is 628 g/mol. The number of phenols is 1. The molecule has 0 aliphatic heterocycles. The van der Waals surface area contributed by atoms with Gasteiger partial charge < -0.3 is 24.2 Å². The van der Waals surface area contributed by atoms with E-state index < -0.39 is 12.1 Å². The fraction of sp³-hybridized carbons (Fsp3) is 0.200. The van der Waals surface area contributed by atoms with Crippen molar-refractivity contribution in [2.45, 2.75) is 26.6 Å². The zero-order valence-corrected chi connectivity index (χ0v) is 22.8.